The molecule has 84 valence electrons. The maximum absolute atomic E-state index is 5.78. The second-order valence-electron chi connectivity index (χ2n) is 4.07. The Morgan fingerprint density at radius 2 is 1.93 bits per heavy atom. The van der Waals surface area contributed by atoms with Crippen molar-refractivity contribution in [3.8, 4) is 0 Å². The Morgan fingerprint density at radius 1 is 1.27 bits per heavy atom. The lowest BCUT2D eigenvalue weighted by atomic mass is 9.94. The summed E-state index contributed by atoms with van der Waals surface area (Å²) in [5.41, 5.74) is 7.18. The molecule has 0 spiro atoms. The molecule has 0 aromatic heterocycles. The van der Waals surface area contributed by atoms with Gasteiger partial charge >= 0.3 is 0 Å². The van der Waals surface area contributed by atoms with Gasteiger partial charge in [0.05, 0.1) is 0 Å². The van der Waals surface area contributed by atoms with Crippen molar-refractivity contribution in [3.05, 3.63) is 34.3 Å². The van der Waals surface area contributed by atoms with Crippen LogP contribution in [0.2, 0.25) is 0 Å². The van der Waals surface area contributed by atoms with Gasteiger partial charge in [-0.05, 0) is 43.0 Å². The zero-order valence-corrected chi connectivity index (χ0v) is 11.0. The standard InChI is InChI=1S/C13H20BrN/c1-2-3-4-12(10-15)9-11-5-7-13(14)8-6-11/h5-8,12H,2-4,9-10,15H2,1H3. The minimum Gasteiger partial charge on any atom is -0.330 e. The van der Waals surface area contributed by atoms with E-state index in [-0.39, 0.29) is 0 Å². The van der Waals surface area contributed by atoms with Gasteiger partial charge in [0, 0.05) is 4.47 Å². The Hall–Kier alpha value is -0.340. The molecule has 0 radical (unpaired) electrons. The van der Waals surface area contributed by atoms with Crippen molar-refractivity contribution in [1.29, 1.82) is 0 Å². The summed E-state index contributed by atoms with van der Waals surface area (Å²) >= 11 is 3.45. The average Bonchev–Trinajstić information content (AvgIpc) is 2.27. The summed E-state index contributed by atoms with van der Waals surface area (Å²) in [5.74, 6) is 0.645. The molecular formula is C13H20BrN. The summed E-state index contributed by atoms with van der Waals surface area (Å²) in [6.45, 7) is 3.03. The second kappa shape index (κ2) is 7.02. The van der Waals surface area contributed by atoms with Crippen molar-refractivity contribution >= 4 is 15.9 Å². The third kappa shape index (κ3) is 4.80. The number of unbranched alkanes of at least 4 members (excludes halogenated alkanes) is 1. The van der Waals surface area contributed by atoms with E-state index in [1.807, 2.05) is 0 Å². The molecule has 0 aliphatic carbocycles. The van der Waals surface area contributed by atoms with Crippen LogP contribution in [0.3, 0.4) is 0 Å². The quantitative estimate of drug-likeness (QED) is 0.836. The Kier molecular flexibility index (Phi) is 5.96. The minimum atomic E-state index is 0.645. The van der Waals surface area contributed by atoms with E-state index in [0.29, 0.717) is 5.92 Å². The normalized spacial score (nSPS) is 12.7. The summed E-state index contributed by atoms with van der Waals surface area (Å²) < 4.78 is 1.14. The van der Waals surface area contributed by atoms with Gasteiger partial charge in [0.1, 0.15) is 0 Å². The van der Waals surface area contributed by atoms with Crippen LogP contribution in [0.5, 0.6) is 0 Å². The van der Waals surface area contributed by atoms with E-state index in [4.69, 9.17) is 5.73 Å². The number of rotatable bonds is 6. The van der Waals surface area contributed by atoms with E-state index < -0.39 is 0 Å². The highest BCUT2D eigenvalue weighted by molar-refractivity contribution is 9.10. The van der Waals surface area contributed by atoms with Crippen LogP contribution in [0.25, 0.3) is 0 Å². The zero-order chi connectivity index (χ0) is 11.1. The lowest BCUT2D eigenvalue weighted by Gasteiger charge is -2.14. The van der Waals surface area contributed by atoms with E-state index in [1.165, 1.54) is 24.8 Å². The first-order valence-corrected chi connectivity index (χ1v) is 6.50. The lowest BCUT2D eigenvalue weighted by molar-refractivity contribution is 0.472. The summed E-state index contributed by atoms with van der Waals surface area (Å²) in [7, 11) is 0. The summed E-state index contributed by atoms with van der Waals surface area (Å²) in [6, 6.07) is 8.56. The summed E-state index contributed by atoms with van der Waals surface area (Å²) in [5, 5.41) is 0. The highest BCUT2D eigenvalue weighted by atomic mass is 79.9. The summed E-state index contributed by atoms with van der Waals surface area (Å²) in [6.07, 6.45) is 4.92. The molecule has 15 heavy (non-hydrogen) atoms. The minimum absolute atomic E-state index is 0.645. The molecule has 0 fully saturated rings. The first-order chi connectivity index (χ1) is 7.26. The highest BCUT2D eigenvalue weighted by Gasteiger charge is 2.06. The maximum atomic E-state index is 5.78. The van der Waals surface area contributed by atoms with E-state index in [2.05, 4.69) is 47.1 Å². The number of nitrogens with two attached hydrogens (primary N) is 1. The fourth-order valence-electron chi connectivity index (χ4n) is 1.75. The largest absolute Gasteiger partial charge is 0.330 e. The van der Waals surface area contributed by atoms with Gasteiger partial charge in [0.25, 0.3) is 0 Å². The van der Waals surface area contributed by atoms with Gasteiger partial charge in [-0.25, -0.2) is 0 Å². The molecule has 0 bridgehead atoms. The van der Waals surface area contributed by atoms with E-state index in [1.54, 1.807) is 0 Å². The second-order valence-corrected chi connectivity index (χ2v) is 4.99. The number of hydrogen-bond acceptors (Lipinski definition) is 1. The molecule has 1 unspecified atom stereocenters. The molecule has 0 aliphatic rings. The molecule has 2 heteroatoms. The number of benzene rings is 1. The van der Waals surface area contributed by atoms with Gasteiger partial charge in [-0.15, -0.1) is 0 Å². The monoisotopic (exact) mass is 269 g/mol. The van der Waals surface area contributed by atoms with Crippen LogP contribution in [0.1, 0.15) is 31.7 Å². The van der Waals surface area contributed by atoms with Crippen LogP contribution in [-0.2, 0) is 6.42 Å². The van der Waals surface area contributed by atoms with Crippen LogP contribution in [0.4, 0.5) is 0 Å². The molecule has 2 N–H and O–H groups in total. The average molecular weight is 270 g/mol. The van der Waals surface area contributed by atoms with Gasteiger partial charge in [-0.2, -0.15) is 0 Å². The van der Waals surface area contributed by atoms with Crippen molar-refractivity contribution in [2.24, 2.45) is 11.7 Å². The number of halogens is 1. The third-order valence-electron chi connectivity index (χ3n) is 2.74. The molecule has 0 amide bonds. The molecular weight excluding hydrogens is 250 g/mol. The predicted octanol–water partition coefficient (Wildman–Crippen LogP) is 3.76. The van der Waals surface area contributed by atoms with E-state index in [0.717, 1.165) is 17.4 Å². The van der Waals surface area contributed by atoms with Crippen LogP contribution < -0.4 is 5.73 Å². The lowest BCUT2D eigenvalue weighted by Crippen LogP contribution is -2.16. The molecule has 0 heterocycles. The highest BCUT2D eigenvalue weighted by Crippen LogP contribution is 2.16. The molecule has 1 atom stereocenters. The topological polar surface area (TPSA) is 26.0 Å². The number of hydrogen-bond donors (Lipinski definition) is 1. The van der Waals surface area contributed by atoms with Crippen molar-refractivity contribution in [2.75, 3.05) is 6.54 Å². The fraction of sp³-hybridized carbons (Fsp3) is 0.538. The van der Waals surface area contributed by atoms with Gasteiger partial charge in [-0.3, -0.25) is 0 Å². The smallest absolute Gasteiger partial charge is 0.0175 e. The van der Waals surface area contributed by atoms with Gasteiger partial charge in [-0.1, -0.05) is 47.8 Å². The van der Waals surface area contributed by atoms with Gasteiger partial charge in [0.15, 0.2) is 0 Å². The Balaban J connectivity index is 2.47. The molecule has 0 aliphatic heterocycles. The van der Waals surface area contributed by atoms with Crippen molar-refractivity contribution in [3.63, 3.8) is 0 Å². The van der Waals surface area contributed by atoms with Crippen LogP contribution in [0, 0.1) is 5.92 Å². The van der Waals surface area contributed by atoms with Crippen LogP contribution >= 0.6 is 15.9 Å². The predicted molar refractivity (Wildman–Crippen MR) is 69.9 cm³/mol. The molecule has 1 aromatic carbocycles. The van der Waals surface area contributed by atoms with E-state index >= 15 is 0 Å². The van der Waals surface area contributed by atoms with Gasteiger partial charge in [0.2, 0.25) is 0 Å². The first-order valence-electron chi connectivity index (χ1n) is 5.70. The SMILES string of the molecule is CCCCC(CN)Cc1ccc(Br)cc1. The molecule has 0 saturated heterocycles. The maximum Gasteiger partial charge on any atom is 0.0175 e. The van der Waals surface area contributed by atoms with Crippen LogP contribution in [0.15, 0.2) is 28.7 Å². The zero-order valence-electron chi connectivity index (χ0n) is 9.38. The molecule has 0 saturated carbocycles. The third-order valence-corrected chi connectivity index (χ3v) is 3.27. The fourth-order valence-corrected chi connectivity index (χ4v) is 2.01. The Bertz CT molecular complexity index is 268. The van der Waals surface area contributed by atoms with Gasteiger partial charge < -0.3 is 5.73 Å². The summed E-state index contributed by atoms with van der Waals surface area (Å²) in [4.78, 5) is 0. The Morgan fingerprint density at radius 3 is 2.47 bits per heavy atom. The molecule has 1 nitrogen and oxygen atoms in total. The first kappa shape index (κ1) is 12.7. The molecule has 1 rings (SSSR count). The van der Waals surface area contributed by atoms with Crippen molar-refractivity contribution in [2.45, 2.75) is 32.6 Å². The van der Waals surface area contributed by atoms with Crippen molar-refractivity contribution < 1.29 is 0 Å². The Labute approximate surface area is 101 Å². The van der Waals surface area contributed by atoms with Crippen LogP contribution in [-0.4, -0.2) is 6.54 Å². The van der Waals surface area contributed by atoms with E-state index in [9.17, 15) is 0 Å². The van der Waals surface area contributed by atoms with Crippen molar-refractivity contribution in [1.82, 2.24) is 0 Å². The molecule has 1 aromatic rings.